The fourth-order valence-electron chi connectivity index (χ4n) is 1.66. The highest BCUT2D eigenvalue weighted by atomic mass is 79.9. The van der Waals surface area contributed by atoms with E-state index in [1.807, 2.05) is 18.2 Å². The maximum absolute atomic E-state index is 6.14. The molecule has 0 aliphatic rings. The van der Waals surface area contributed by atoms with Gasteiger partial charge in [-0.15, -0.1) is 10.2 Å². The van der Waals surface area contributed by atoms with Crippen molar-refractivity contribution < 1.29 is 0 Å². The summed E-state index contributed by atoms with van der Waals surface area (Å²) in [6, 6.07) is 5.84. The normalized spacial score (nSPS) is 11.1. The molecular weight excluding hydrogens is 383 g/mol. The molecule has 2 aromatic heterocycles. The molecule has 2 heterocycles. The lowest BCUT2D eigenvalue weighted by molar-refractivity contribution is 1.11. The number of halogens is 3. The van der Waals surface area contributed by atoms with Crippen LogP contribution in [0.15, 0.2) is 39.5 Å². The van der Waals surface area contributed by atoms with E-state index < -0.39 is 0 Å². The van der Waals surface area contributed by atoms with Crippen molar-refractivity contribution in [2.75, 3.05) is 0 Å². The molecule has 0 amide bonds. The third kappa shape index (κ3) is 1.94. The molecule has 0 spiro atoms. The number of aromatic nitrogens is 4. The van der Waals surface area contributed by atoms with Gasteiger partial charge in [0, 0.05) is 14.5 Å². The van der Waals surface area contributed by atoms with Crippen molar-refractivity contribution in [1.82, 2.24) is 19.6 Å². The average molecular weight is 388 g/mol. The average Bonchev–Trinajstić information content (AvgIpc) is 2.77. The lowest BCUT2D eigenvalue weighted by Crippen LogP contribution is -1.93. The molecule has 0 unspecified atom stereocenters. The van der Waals surface area contributed by atoms with Crippen LogP contribution >= 0.6 is 43.5 Å². The lowest BCUT2D eigenvalue weighted by Gasteiger charge is -2.04. The van der Waals surface area contributed by atoms with E-state index in [4.69, 9.17) is 11.6 Å². The van der Waals surface area contributed by atoms with E-state index in [0.717, 1.165) is 14.5 Å². The maximum Gasteiger partial charge on any atom is 0.180 e. The van der Waals surface area contributed by atoms with Crippen LogP contribution in [0.3, 0.4) is 0 Å². The first-order valence-electron chi connectivity index (χ1n) is 4.97. The Bertz CT molecular complexity index is 741. The molecule has 0 fully saturated rings. The Morgan fingerprint density at radius 3 is 2.78 bits per heavy atom. The summed E-state index contributed by atoms with van der Waals surface area (Å²) in [6.45, 7) is 0. The van der Waals surface area contributed by atoms with Crippen LogP contribution in [0.5, 0.6) is 0 Å². The van der Waals surface area contributed by atoms with Crippen molar-refractivity contribution in [3.63, 3.8) is 0 Å². The number of fused-ring (bicyclic) bond motifs is 1. The van der Waals surface area contributed by atoms with Crippen LogP contribution in [-0.4, -0.2) is 19.6 Å². The van der Waals surface area contributed by atoms with Crippen LogP contribution in [-0.2, 0) is 0 Å². The molecule has 1 aromatic carbocycles. The van der Waals surface area contributed by atoms with E-state index in [0.29, 0.717) is 16.6 Å². The summed E-state index contributed by atoms with van der Waals surface area (Å²) in [7, 11) is 0. The highest BCUT2D eigenvalue weighted by molar-refractivity contribution is 9.11. The molecule has 7 heteroatoms. The standard InChI is InChI=1S/C11H5Br2ClN4/c12-6-1-2-8(13)7(3-6)11-17-16-10-5-15-4-9(14)18(10)11/h1-5H. The minimum atomic E-state index is 0.472. The monoisotopic (exact) mass is 386 g/mol. The Labute approximate surface area is 124 Å². The van der Waals surface area contributed by atoms with E-state index in [1.165, 1.54) is 0 Å². The van der Waals surface area contributed by atoms with Gasteiger partial charge in [0.05, 0.1) is 12.4 Å². The summed E-state index contributed by atoms with van der Waals surface area (Å²) < 4.78 is 3.64. The summed E-state index contributed by atoms with van der Waals surface area (Å²) in [6.07, 6.45) is 3.18. The summed E-state index contributed by atoms with van der Waals surface area (Å²) in [5.74, 6) is 0.672. The van der Waals surface area contributed by atoms with Crippen LogP contribution in [0.25, 0.3) is 17.0 Å². The van der Waals surface area contributed by atoms with Crippen molar-refractivity contribution in [3.05, 3.63) is 44.7 Å². The third-order valence-electron chi connectivity index (χ3n) is 2.44. The fourth-order valence-corrected chi connectivity index (χ4v) is 2.67. The van der Waals surface area contributed by atoms with Gasteiger partial charge in [-0.1, -0.05) is 43.5 Å². The van der Waals surface area contributed by atoms with Crippen LogP contribution in [0, 0.1) is 0 Å². The van der Waals surface area contributed by atoms with Gasteiger partial charge in [0.2, 0.25) is 0 Å². The van der Waals surface area contributed by atoms with Crippen molar-refractivity contribution in [2.24, 2.45) is 0 Å². The Hall–Kier alpha value is -0.980. The zero-order valence-electron chi connectivity index (χ0n) is 8.81. The predicted molar refractivity (Wildman–Crippen MR) is 76.6 cm³/mol. The number of benzene rings is 1. The molecule has 0 aliphatic heterocycles. The third-order valence-corrected chi connectivity index (χ3v) is 3.89. The molecule has 4 nitrogen and oxygen atoms in total. The van der Waals surface area contributed by atoms with Crippen molar-refractivity contribution in [3.8, 4) is 11.4 Å². The van der Waals surface area contributed by atoms with Crippen molar-refractivity contribution in [1.29, 1.82) is 0 Å². The first kappa shape index (κ1) is 12.1. The molecule has 0 N–H and O–H groups in total. The van der Waals surface area contributed by atoms with E-state index in [-0.39, 0.29) is 0 Å². The van der Waals surface area contributed by atoms with Crippen LogP contribution in [0.4, 0.5) is 0 Å². The van der Waals surface area contributed by atoms with Crippen molar-refractivity contribution in [2.45, 2.75) is 0 Å². The van der Waals surface area contributed by atoms with E-state index >= 15 is 0 Å². The predicted octanol–water partition coefficient (Wildman–Crippen LogP) is 3.97. The quantitative estimate of drug-likeness (QED) is 0.634. The Kier molecular flexibility index (Phi) is 3.09. The highest BCUT2D eigenvalue weighted by Gasteiger charge is 2.13. The fraction of sp³-hybridized carbons (Fsp3) is 0. The van der Waals surface area contributed by atoms with E-state index in [2.05, 4.69) is 47.0 Å². The smallest absolute Gasteiger partial charge is 0.180 e. The molecule has 0 bridgehead atoms. The highest BCUT2D eigenvalue weighted by Crippen LogP contribution is 2.31. The van der Waals surface area contributed by atoms with Gasteiger partial charge in [-0.2, -0.15) is 0 Å². The number of hydrogen-bond acceptors (Lipinski definition) is 3. The van der Waals surface area contributed by atoms with Gasteiger partial charge in [-0.25, -0.2) is 0 Å². The second-order valence-corrected chi connectivity index (χ2v) is 5.73. The number of nitrogens with zero attached hydrogens (tertiary/aromatic N) is 4. The van der Waals surface area contributed by atoms with Crippen molar-refractivity contribution >= 4 is 49.1 Å². The van der Waals surface area contributed by atoms with Gasteiger partial charge in [0.25, 0.3) is 0 Å². The number of hydrogen-bond donors (Lipinski definition) is 0. The molecule has 0 radical (unpaired) electrons. The minimum absolute atomic E-state index is 0.472. The molecule has 90 valence electrons. The summed E-state index contributed by atoms with van der Waals surface area (Å²) in [5, 5.41) is 8.69. The van der Waals surface area contributed by atoms with Gasteiger partial charge >= 0.3 is 0 Å². The van der Waals surface area contributed by atoms with Gasteiger partial charge in [-0.05, 0) is 18.2 Å². The first-order chi connectivity index (χ1) is 8.66. The van der Waals surface area contributed by atoms with Gasteiger partial charge in [0.1, 0.15) is 5.15 Å². The molecule has 3 rings (SSSR count). The molecule has 0 saturated heterocycles. The molecule has 0 atom stereocenters. The summed E-state index contributed by atoms with van der Waals surface area (Å²) in [4.78, 5) is 3.98. The Balaban J connectivity index is 2.35. The minimum Gasteiger partial charge on any atom is -0.262 e. The Morgan fingerprint density at radius 2 is 1.94 bits per heavy atom. The molecule has 18 heavy (non-hydrogen) atoms. The second kappa shape index (κ2) is 4.60. The van der Waals surface area contributed by atoms with Crippen LogP contribution in [0.2, 0.25) is 5.15 Å². The van der Waals surface area contributed by atoms with Gasteiger partial charge in [0.15, 0.2) is 11.5 Å². The van der Waals surface area contributed by atoms with Crippen LogP contribution in [0.1, 0.15) is 0 Å². The maximum atomic E-state index is 6.14. The molecule has 3 aromatic rings. The lowest BCUT2D eigenvalue weighted by atomic mass is 10.2. The summed E-state index contributed by atoms with van der Waals surface area (Å²) in [5.41, 5.74) is 1.52. The zero-order chi connectivity index (χ0) is 12.7. The van der Waals surface area contributed by atoms with Crippen LogP contribution < -0.4 is 0 Å². The zero-order valence-corrected chi connectivity index (χ0v) is 12.7. The topological polar surface area (TPSA) is 43.1 Å². The SMILES string of the molecule is Clc1cncc2nnc(-c3cc(Br)ccc3Br)n12. The summed E-state index contributed by atoms with van der Waals surface area (Å²) >= 11 is 13.1. The first-order valence-corrected chi connectivity index (χ1v) is 6.93. The number of rotatable bonds is 1. The molecule has 0 saturated carbocycles. The van der Waals surface area contributed by atoms with E-state index in [1.54, 1.807) is 16.8 Å². The molecule has 0 aliphatic carbocycles. The van der Waals surface area contributed by atoms with Gasteiger partial charge in [-0.3, -0.25) is 9.38 Å². The largest absolute Gasteiger partial charge is 0.262 e. The Morgan fingerprint density at radius 1 is 1.11 bits per heavy atom. The van der Waals surface area contributed by atoms with Gasteiger partial charge < -0.3 is 0 Å². The second-order valence-electron chi connectivity index (χ2n) is 3.57. The molecular formula is C11H5Br2ClN4. The van der Waals surface area contributed by atoms with E-state index in [9.17, 15) is 0 Å².